The molecule has 86 valence electrons. The van der Waals surface area contributed by atoms with E-state index in [-0.39, 0.29) is 11.8 Å². The average molecular weight is 246 g/mol. The van der Waals surface area contributed by atoms with Gasteiger partial charge in [0.15, 0.2) is 11.6 Å². The monoisotopic (exact) mass is 245 g/mol. The molecular formula is C11H10ClF2NO. The summed E-state index contributed by atoms with van der Waals surface area (Å²) in [5.41, 5.74) is 1.03. The van der Waals surface area contributed by atoms with Gasteiger partial charge in [-0.3, -0.25) is 4.79 Å². The van der Waals surface area contributed by atoms with Crippen LogP contribution in [0.25, 0.3) is 0 Å². The highest BCUT2D eigenvalue weighted by Crippen LogP contribution is 2.23. The lowest BCUT2D eigenvalue weighted by Gasteiger charge is -2.28. The Labute approximate surface area is 96.8 Å². The van der Waals surface area contributed by atoms with Gasteiger partial charge in [0.25, 0.3) is 0 Å². The second-order valence-electron chi connectivity index (χ2n) is 3.70. The van der Waals surface area contributed by atoms with E-state index in [0.717, 1.165) is 6.07 Å². The van der Waals surface area contributed by atoms with Crippen LogP contribution in [0.4, 0.5) is 8.78 Å². The van der Waals surface area contributed by atoms with Crippen LogP contribution in [0.1, 0.15) is 11.1 Å². The van der Waals surface area contributed by atoms with E-state index in [1.165, 1.54) is 6.07 Å². The van der Waals surface area contributed by atoms with Gasteiger partial charge >= 0.3 is 0 Å². The van der Waals surface area contributed by atoms with E-state index >= 15 is 0 Å². The van der Waals surface area contributed by atoms with E-state index in [0.29, 0.717) is 30.6 Å². The van der Waals surface area contributed by atoms with Crippen LogP contribution in [0.5, 0.6) is 0 Å². The third-order valence-corrected chi connectivity index (χ3v) is 2.98. The number of hydrogen-bond donors (Lipinski definition) is 0. The predicted octanol–water partition coefficient (Wildman–Crippen LogP) is 2.09. The maximum atomic E-state index is 13.4. The standard InChI is InChI=1S/C11H10ClF2NO/c12-5-10(16)15-4-3-8-7(6-15)1-2-9(13)11(8)14/h1-2H,3-6H2. The summed E-state index contributed by atoms with van der Waals surface area (Å²) in [7, 11) is 0. The highest BCUT2D eigenvalue weighted by atomic mass is 35.5. The molecule has 0 radical (unpaired) electrons. The molecule has 0 aliphatic carbocycles. The second-order valence-corrected chi connectivity index (χ2v) is 3.97. The molecule has 0 bridgehead atoms. The fourth-order valence-electron chi connectivity index (χ4n) is 1.88. The second kappa shape index (κ2) is 4.37. The van der Waals surface area contributed by atoms with Crippen LogP contribution < -0.4 is 0 Å². The van der Waals surface area contributed by atoms with Gasteiger partial charge in [0.05, 0.1) is 0 Å². The zero-order valence-electron chi connectivity index (χ0n) is 8.47. The van der Waals surface area contributed by atoms with Crippen molar-refractivity contribution in [2.45, 2.75) is 13.0 Å². The summed E-state index contributed by atoms with van der Waals surface area (Å²) in [6.45, 7) is 0.691. The molecule has 0 atom stereocenters. The van der Waals surface area contributed by atoms with Crippen molar-refractivity contribution in [3.05, 3.63) is 34.9 Å². The van der Waals surface area contributed by atoms with E-state index in [1.54, 1.807) is 4.90 Å². The third-order valence-electron chi connectivity index (χ3n) is 2.75. The quantitative estimate of drug-likeness (QED) is 0.694. The van der Waals surface area contributed by atoms with Crippen molar-refractivity contribution >= 4 is 17.5 Å². The number of rotatable bonds is 1. The lowest BCUT2D eigenvalue weighted by atomic mass is 9.99. The first-order valence-corrected chi connectivity index (χ1v) is 5.46. The van der Waals surface area contributed by atoms with E-state index in [9.17, 15) is 13.6 Å². The molecule has 0 fully saturated rings. The smallest absolute Gasteiger partial charge is 0.237 e. The first-order chi connectivity index (χ1) is 7.63. The molecule has 0 saturated heterocycles. The van der Waals surface area contributed by atoms with Gasteiger partial charge in [-0.25, -0.2) is 8.78 Å². The molecule has 1 aromatic carbocycles. The minimum Gasteiger partial charge on any atom is -0.337 e. The summed E-state index contributed by atoms with van der Waals surface area (Å²) >= 11 is 5.44. The largest absolute Gasteiger partial charge is 0.337 e. The van der Waals surface area contributed by atoms with Crippen molar-refractivity contribution < 1.29 is 13.6 Å². The van der Waals surface area contributed by atoms with Gasteiger partial charge in [-0.15, -0.1) is 11.6 Å². The van der Waals surface area contributed by atoms with Gasteiger partial charge in [0, 0.05) is 13.1 Å². The van der Waals surface area contributed by atoms with Gasteiger partial charge in [0.2, 0.25) is 5.91 Å². The molecule has 0 spiro atoms. The summed E-state index contributed by atoms with van der Waals surface area (Å²) in [6.07, 6.45) is 0.335. The summed E-state index contributed by atoms with van der Waals surface area (Å²) in [5.74, 6) is -1.90. The first-order valence-electron chi connectivity index (χ1n) is 4.93. The Balaban J connectivity index is 2.29. The lowest BCUT2D eigenvalue weighted by molar-refractivity contribution is -0.129. The molecule has 1 aliphatic heterocycles. The molecule has 1 heterocycles. The molecule has 0 saturated carbocycles. The molecule has 1 aliphatic rings. The number of carbonyl (C=O) groups is 1. The van der Waals surface area contributed by atoms with Crippen LogP contribution in [0.15, 0.2) is 12.1 Å². The third kappa shape index (κ3) is 1.89. The van der Waals surface area contributed by atoms with Crippen molar-refractivity contribution in [1.29, 1.82) is 0 Å². The van der Waals surface area contributed by atoms with Crippen molar-refractivity contribution in [3.63, 3.8) is 0 Å². The molecular weight excluding hydrogens is 236 g/mol. The Morgan fingerprint density at radius 2 is 2.19 bits per heavy atom. The highest BCUT2D eigenvalue weighted by Gasteiger charge is 2.23. The van der Waals surface area contributed by atoms with Crippen LogP contribution >= 0.6 is 11.6 Å². The van der Waals surface area contributed by atoms with Crippen LogP contribution in [0, 0.1) is 11.6 Å². The van der Waals surface area contributed by atoms with E-state index in [2.05, 4.69) is 0 Å². The number of carbonyl (C=O) groups excluding carboxylic acids is 1. The molecule has 16 heavy (non-hydrogen) atoms. The molecule has 0 N–H and O–H groups in total. The van der Waals surface area contributed by atoms with Gasteiger partial charge in [-0.05, 0) is 23.6 Å². The normalized spacial score (nSPS) is 14.8. The zero-order valence-corrected chi connectivity index (χ0v) is 9.23. The Hall–Kier alpha value is -1.16. The van der Waals surface area contributed by atoms with Crippen molar-refractivity contribution in [2.75, 3.05) is 12.4 Å². The maximum Gasteiger partial charge on any atom is 0.237 e. The Kier molecular flexibility index (Phi) is 3.10. The summed E-state index contributed by atoms with van der Waals surface area (Å²) in [4.78, 5) is 12.9. The number of benzene rings is 1. The average Bonchev–Trinajstić information content (AvgIpc) is 2.32. The molecule has 1 aromatic rings. The van der Waals surface area contributed by atoms with Crippen molar-refractivity contribution in [2.24, 2.45) is 0 Å². The molecule has 0 unspecified atom stereocenters. The Bertz CT molecular complexity index is 436. The van der Waals surface area contributed by atoms with Gasteiger partial charge in [-0.2, -0.15) is 0 Å². The number of amides is 1. The Morgan fingerprint density at radius 1 is 1.44 bits per heavy atom. The number of nitrogens with zero attached hydrogens (tertiary/aromatic N) is 1. The van der Waals surface area contributed by atoms with E-state index < -0.39 is 11.6 Å². The number of alkyl halides is 1. The van der Waals surface area contributed by atoms with Gasteiger partial charge in [0.1, 0.15) is 5.88 Å². The van der Waals surface area contributed by atoms with Crippen molar-refractivity contribution in [3.8, 4) is 0 Å². The molecule has 5 heteroatoms. The van der Waals surface area contributed by atoms with Gasteiger partial charge in [-0.1, -0.05) is 6.07 Å². The molecule has 2 rings (SSSR count). The first kappa shape index (κ1) is 11.3. The fourth-order valence-corrected chi connectivity index (χ4v) is 2.05. The van der Waals surface area contributed by atoms with Crippen LogP contribution in [-0.4, -0.2) is 23.2 Å². The summed E-state index contributed by atoms with van der Waals surface area (Å²) in [5, 5.41) is 0. The maximum absolute atomic E-state index is 13.4. The summed E-state index contributed by atoms with van der Waals surface area (Å²) < 4.78 is 26.3. The van der Waals surface area contributed by atoms with Crippen LogP contribution in [0.3, 0.4) is 0 Å². The van der Waals surface area contributed by atoms with Gasteiger partial charge < -0.3 is 4.90 Å². The Morgan fingerprint density at radius 3 is 2.88 bits per heavy atom. The summed E-state index contributed by atoms with van der Waals surface area (Å²) in [6, 6.07) is 2.60. The van der Waals surface area contributed by atoms with Crippen LogP contribution in [-0.2, 0) is 17.8 Å². The molecule has 0 aromatic heterocycles. The fraction of sp³-hybridized carbons (Fsp3) is 0.364. The molecule has 2 nitrogen and oxygen atoms in total. The minimum atomic E-state index is -0.837. The van der Waals surface area contributed by atoms with E-state index in [1.807, 2.05) is 0 Å². The topological polar surface area (TPSA) is 20.3 Å². The van der Waals surface area contributed by atoms with Crippen LogP contribution in [0.2, 0.25) is 0 Å². The SMILES string of the molecule is O=C(CCl)N1CCc2c(ccc(F)c2F)C1. The zero-order chi connectivity index (χ0) is 11.7. The number of hydrogen-bond acceptors (Lipinski definition) is 1. The number of halogens is 3. The lowest BCUT2D eigenvalue weighted by Crippen LogP contribution is -2.37. The minimum absolute atomic E-state index is 0.0843. The van der Waals surface area contributed by atoms with Crippen molar-refractivity contribution in [1.82, 2.24) is 4.90 Å². The predicted molar refractivity (Wildman–Crippen MR) is 56.2 cm³/mol. The van der Waals surface area contributed by atoms with E-state index in [4.69, 9.17) is 11.6 Å². The highest BCUT2D eigenvalue weighted by molar-refractivity contribution is 6.27. The number of fused-ring (bicyclic) bond motifs is 1. The molecule has 1 amide bonds.